The van der Waals surface area contributed by atoms with Crippen molar-refractivity contribution in [3.8, 4) is 28.4 Å². The van der Waals surface area contributed by atoms with E-state index in [1.54, 1.807) is 0 Å². The summed E-state index contributed by atoms with van der Waals surface area (Å²) in [5.74, 6) is 2.03. The Labute approximate surface area is 452 Å². The summed E-state index contributed by atoms with van der Waals surface area (Å²) >= 11 is 0. The third-order valence-corrected chi connectivity index (χ3v) is 15.0. The summed E-state index contributed by atoms with van der Waals surface area (Å²) in [7, 11) is 0. The molecule has 0 radical (unpaired) electrons. The zero-order valence-corrected chi connectivity index (χ0v) is 46.3. The summed E-state index contributed by atoms with van der Waals surface area (Å²) in [6, 6.07) is 75.1. The van der Waals surface area contributed by atoms with Crippen LogP contribution in [0.1, 0.15) is 103 Å². The molecule has 8 aromatic carbocycles. The van der Waals surface area contributed by atoms with Gasteiger partial charge in [-0.3, -0.25) is 0 Å². The molecular formula is C68H63N4OPt-3. The van der Waals surface area contributed by atoms with Crippen LogP contribution in [0.5, 0.6) is 11.5 Å². The predicted molar refractivity (Wildman–Crippen MR) is 304 cm³/mol. The molecule has 3 heterocycles. The van der Waals surface area contributed by atoms with Gasteiger partial charge in [0.25, 0.3) is 0 Å². The van der Waals surface area contributed by atoms with Gasteiger partial charge in [-0.1, -0.05) is 196 Å². The number of benzene rings is 8. The molecule has 0 atom stereocenters. The van der Waals surface area contributed by atoms with Crippen LogP contribution in [0.4, 0.5) is 22.7 Å². The van der Waals surface area contributed by atoms with Crippen molar-refractivity contribution in [2.45, 2.75) is 90.9 Å². The molecule has 0 fully saturated rings. The molecule has 1 aliphatic heterocycles. The van der Waals surface area contributed by atoms with Gasteiger partial charge in [0.15, 0.2) is 0 Å². The molecule has 374 valence electrons. The van der Waals surface area contributed by atoms with E-state index >= 15 is 0 Å². The standard InChI is InChI=1S/C68H63N4O.Pt/c1-65(2,3)52-36-47(46-22-14-11-15-23-46)37-54(38-52)70-45-71(61-29-21-20-28-60(61)70)55-39-53(66(4,5)6)40-57(43-55)73-56-31-33-59-58-32-30-50(67(7,8)48-24-16-12-17-25-48)41-62(58)72(63(59)44-56)64-42-51(34-35-69-64)68(9,10)49-26-18-13-19-27-49;/h11-42,45H,1-10H3;/q-3;. The number of ether oxygens (including phenoxy) is 1. The van der Waals surface area contributed by atoms with Crippen LogP contribution in [-0.4, -0.2) is 9.55 Å². The number of aromatic nitrogens is 2. The Hall–Kier alpha value is -7.20. The topological polar surface area (TPSA) is 33.5 Å². The summed E-state index contributed by atoms with van der Waals surface area (Å²) in [4.78, 5) is 9.67. The van der Waals surface area contributed by atoms with Crippen molar-refractivity contribution in [3.05, 3.63) is 246 Å². The van der Waals surface area contributed by atoms with Gasteiger partial charge in [-0.25, -0.2) is 4.98 Å². The summed E-state index contributed by atoms with van der Waals surface area (Å²) in [5, 5.41) is 2.20. The molecule has 11 rings (SSSR count). The van der Waals surface area contributed by atoms with Crippen molar-refractivity contribution >= 4 is 44.6 Å². The Kier molecular flexibility index (Phi) is 13.1. The van der Waals surface area contributed by atoms with Crippen molar-refractivity contribution in [1.82, 2.24) is 9.55 Å². The molecule has 0 unspecified atom stereocenters. The molecule has 0 spiro atoms. The van der Waals surface area contributed by atoms with Crippen LogP contribution in [0.3, 0.4) is 0 Å². The van der Waals surface area contributed by atoms with E-state index in [2.05, 4.69) is 284 Å². The van der Waals surface area contributed by atoms with Gasteiger partial charge < -0.3 is 19.1 Å². The summed E-state index contributed by atoms with van der Waals surface area (Å²) in [6.45, 7) is 25.0. The summed E-state index contributed by atoms with van der Waals surface area (Å²) in [5.41, 5.74) is 15.0. The molecule has 0 amide bonds. The van der Waals surface area contributed by atoms with Crippen molar-refractivity contribution in [1.29, 1.82) is 0 Å². The predicted octanol–water partition coefficient (Wildman–Crippen LogP) is 17.9. The Morgan fingerprint density at radius 2 is 1.01 bits per heavy atom. The normalized spacial score (nSPS) is 13.1. The molecule has 5 nitrogen and oxygen atoms in total. The molecule has 74 heavy (non-hydrogen) atoms. The minimum atomic E-state index is -0.270. The molecule has 0 saturated carbocycles. The van der Waals surface area contributed by atoms with Crippen LogP contribution >= 0.6 is 0 Å². The van der Waals surface area contributed by atoms with Crippen LogP contribution in [0, 0.1) is 18.8 Å². The van der Waals surface area contributed by atoms with Crippen LogP contribution in [0.15, 0.2) is 194 Å². The molecule has 2 aromatic heterocycles. The third kappa shape index (κ3) is 9.37. The summed E-state index contributed by atoms with van der Waals surface area (Å²) in [6.07, 6.45) is 1.94. The Morgan fingerprint density at radius 1 is 0.446 bits per heavy atom. The Bertz CT molecular complexity index is 3660. The van der Waals surface area contributed by atoms with E-state index in [1.807, 2.05) is 12.3 Å². The van der Waals surface area contributed by atoms with Gasteiger partial charge in [-0.15, -0.1) is 53.6 Å². The van der Waals surface area contributed by atoms with E-state index < -0.39 is 0 Å². The SMILES string of the molecule is CC(C)(C)c1cc(Oc2[c-]c3c(cc2)c2ccc(C(C)(C)c4ccccc4)cc2n3-c2cc(C(C)(C)c3ccccc3)ccn2)[c-]c(N2[CH-]N(c3cc(-c4ccccc4)cc(C(C)(C)C)c3)c3ccccc32)c1.[Pt]. The van der Waals surface area contributed by atoms with Crippen LogP contribution in [0.25, 0.3) is 38.8 Å². The van der Waals surface area contributed by atoms with E-state index in [0.29, 0.717) is 11.5 Å². The van der Waals surface area contributed by atoms with Crippen LogP contribution < -0.4 is 14.5 Å². The fourth-order valence-corrected chi connectivity index (χ4v) is 10.3. The number of hydrogen-bond acceptors (Lipinski definition) is 4. The molecule has 6 heteroatoms. The molecular weight excluding hydrogens is 1080 g/mol. The maximum Gasteiger partial charge on any atom is 0.135 e. The average Bonchev–Trinajstić information content (AvgIpc) is 3.95. The number of rotatable bonds is 10. The molecule has 0 bridgehead atoms. The second-order valence-corrected chi connectivity index (χ2v) is 22.7. The van der Waals surface area contributed by atoms with Crippen molar-refractivity contribution in [3.63, 3.8) is 0 Å². The molecule has 0 saturated heterocycles. The number of para-hydroxylation sites is 2. The zero-order valence-electron chi connectivity index (χ0n) is 44.1. The van der Waals surface area contributed by atoms with Crippen LogP contribution in [0.2, 0.25) is 0 Å². The van der Waals surface area contributed by atoms with E-state index in [9.17, 15) is 0 Å². The third-order valence-electron chi connectivity index (χ3n) is 15.0. The second-order valence-electron chi connectivity index (χ2n) is 22.7. The Morgan fingerprint density at radius 3 is 1.65 bits per heavy atom. The number of hydrogen-bond donors (Lipinski definition) is 0. The zero-order chi connectivity index (χ0) is 50.9. The molecule has 10 aromatic rings. The fourth-order valence-electron chi connectivity index (χ4n) is 10.3. The van der Waals surface area contributed by atoms with Crippen molar-refractivity contribution in [2.75, 3.05) is 9.80 Å². The van der Waals surface area contributed by atoms with E-state index in [4.69, 9.17) is 9.72 Å². The minimum absolute atomic E-state index is 0. The fraction of sp³-hybridized carbons (Fsp3) is 0.206. The van der Waals surface area contributed by atoms with Gasteiger partial charge in [0.1, 0.15) is 5.82 Å². The van der Waals surface area contributed by atoms with Gasteiger partial charge >= 0.3 is 0 Å². The first-order chi connectivity index (χ1) is 34.9. The van der Waals surface area contributed by atoms with Crippen molar-refractivity contribution in [2.24, 2.45) is 0 Å². The Balaban J connectivity index is 0.00000626. The number of fused-ring (bicyclic) bond motifs is 4. The average molecular weight is 1150 g/mol. The quantitative estimate of drug-likeness (QED) is 0.128. The van der Waals surface area contributed by atoms with Gasteiger partial charge in [-0.05, 0) is 97.6 Å². The number of nitrogens with zero attached hydrogens (tertiary/aromatic N) is 4. The first-order valence-electron chi connectivity index (χ1n) is 25.5. The van der Waals surface area contributed by atoms with E-state index in [0.717, 1.165) is 55.9 Å². The summed E-state index contributed by atoms with van der Waals surface area (Å²) < 4.78 is 9.27. The first-order valence-corrected chi connectivity index (χ1v) is 25.5. The molecule has 0 aliphatic carbocycles. The number of anilines is 4. The van der Waals surface area contributed by atoms with Gasteiger partial charge in [-0.2, -0.15) is 6.07 Å². The second kappa shape index (κ2) is 19.3. The first kappa shape index (κ1) is 50.3. The molecule has 1 aliphatic rings. The maximum atomic E-state index is 7.00. The van der Waals surface area contributed by atoms with Gasteiger partial charge in [0, 0.05) is 72.2 Å². The van der Waals surface area contributed by atoms with Crippen molar-refractivity contribution < 1.29 is 25.8 Å². The number of pyridine rings is 1. The smallest absolute Gasteiger partial charge is 0.135 e. The van der Waals surface area contributed by atoms with Crippen LogP contribution in [-0.2, 0) is 42.7 Å². The monoisotopic (exact) mass is 1150 g/mol. The largest absolute Gasteiger partial charge is 0.509 e. The van der Waals surface area contributed by atoms with E-state index in [-0.39, 0.29) is 42.7 Å². The maximum absolute atomic E-state index is 7.00. The van der Waals surface area contributed by atoms with Gasteiger partial charge in [0.05, 0.1) is 0 Å². The molecule has 0 N–H and O–H groups in total. The van der Waals surface area contributed by atoms with E-state index in [1.165, 1.54) is 38.9 Å². The minimum Gasteiger partial charge on any atom is -0.509 e. The van der Waals surface area contributed by atoms with Gasteiger partial charge in [0.2, 0.25) is 0 Å².